The van der Waals surface area contributed by atoms with Gasteiger partial charge >= 0.3 is 0 Å². The Labute approximate surface area is 130 Å². The molecule has 0 saturated heterocycles. The lowest BCUT2D eigenvalue weighted by atomic mass is 9.96. The largest absolute Gasteiger partial charge is 0.504 e. The fourth-order valence-electron chi connectivity index (χ4n) is 2.91. The van der Waals surface area contributed by atoms with E-state index in [4.69, 9.17) is 0 Å². The van der Waals surface area contributed by atoms with Crippen LogP contribution in [-0.4, -0.2) is 35.3 Å². The molecule has 3 rings (SSSR count). The highest BCUT2D eigenvalue weighted by atomic mass is 16.3. The van der Waals surface area contributed by atoms with Crippen molar-refractivity contribution in [3.05, 3.63) is 48.0 Å². The Morgan fingerprint density at radius 3 is 2.50 bits per heavy atom. The van der Waals surface area contributed by atoms with E-state index < -0.39 is 0 Å². The first-order chi connectivity index (χ1) is 10.6. The second-order valence-electron chi connectivity index (χ2n) is 5.76. The molecule has 3 nitrogen and oxygen atoms in total. The minimum Gasteiger partial charge on any atom is -0.504 e. The summed E-state index contributed by atoms with van der Waals surface area (Å²) in [5.41, 5.74) is 1.27. The number of nitrogens with zero attached hydrogens (tertiary/aromatic N) is 1. The first-order valence-corrected chi connectivity index (χ1v) is 7.65. The summed E-state index contributed by atoms with van der Waals surface area (Å²) in [6, 6.07) is 13.6. The number of fused-ring (bicyclic) bond motifs is 3. The lowest BCUT2D eigenvalue weighted by Gasteiger charge is -2.15. The number of benzene rings is 3. The summed E-state index contributed by atoms with van der Waals surface area (Å²) in [7, 11) is 2.12. The Hall–Kier alpha value is -2.26. The molecule has 3 heteroatoms. The average molecular weight is 295 g/mol. The zero-order valence-corrected chi connectivity index (χ0v) is 13.0. The van der Waals surface area contributed by atoms with Gasteiger partial charge in [0, 0.05) is 11.9 Å². The summed E-state index contributed by atoms with van der Waals surface area (Å²) >= 11 is 0. The van der Waals surface area contributed by atoms with Crippen LogP contribution in [-0.2, 0) is 6.42 Å². The van der Waals surface area contributed by atoms with Gasteiger partial charge in [0.15, 0.2) is 11.5 Å². The van der Waals surface area contributed by atoms with Crippen molar-refractivity contribution < 1.29 is 10.2 Å². The number of phenols is 2. The van der Waals surface area contributed by atoms with Crippen molar-refractivity contribution in [3.8, 4) is 11.5 Å². The smallest absolute Gasteiger partial charge is 0.166 e. The van der Waals surface area contributed by atoms with Crippen molar-refractivity contribution in [2.75, 3.05) is 20.1 Å². The van der Waals surface area contributed by atoms with E-state index in [0.717, 1.165) is 41.1 Å². The Bertz CT molecular complexity index is 826. The third kappa shape index (κ3) is 2.48. The number of rotatable bonds is 4. The lowest BCUT2D eigenvalue weighted by molar-refractivity contribution is 0.358. The predicted molar refractivity (Wildman–Crippen MR) is 91.7 cm³/mol. The maximum absolute atomic E-state index is 10.2. The maximum Gasteiger partial charge on any atom is 0.166 e. The minimum atomic E-state index is -0.0730. The van der Waals surface area contributed by atoms with E-state index in [-0.39, 0.29) is 11.5 Å². The molecule has 22 heavy (non-hydrogen) atoms. The van der Waals surface area contributed by atoms with Gasteiger partial charge in [0.25, 0.3) is 0 Å². The van der Waals surface area contributed by atoms with Crippen LogP contribution in [0.2, 0.25) is 0 Å². The number of likely N-dealkylation sites (N-methyl/N-ethyl adjacent to an activating group) is 1. The van der Waals surface area contributed by atoms with Crippen molar-refractivity contribution >= 4 is 21.5 Å². The molecule has 0 aliphatic rings. The molecule has 0 aromatic heterocycles. The van der Waals surface area contributed by atoms with Crippen molar-refractivity contribution in [2.45, 2.75) is 13.3 Å². The van der Waals surface area contributed by atoms with Gasteiger partial charge in [-0.25, -0.2) is 0 Å². The van der Waals surface area contributed by atoms with Crippen LogP contribution in [0.25, 0.3) is 21.5 Å². The molecule has 0 heterocycles. The molecule has 0 radical (unpaired) electrons. The molecular weight excluding hydrogens is 274 g/mol. The van der Waals surface area contributed by atoms with Crippen LogP contribution < -0.4 is 0 Å². The van der Waals surface area contributed by atoms with E-state index in [1.54, 1.807) is 0 Å². The van der Waals surface area contributed by atoms with Gasteiger partial charge in [0.05, 0.1) is 0 Å². The molecule has 0 fully saturated rings. The first-order valence-electron chi connectivity index (χ1n) is 7.65. The fourth-order valence-corrected chi connectivity index (χ4v) is 2.91. The molecule has 114 valence electrons. The SMILES string of the molecule is CCN(C)CCc1cccc2c1ccc1ccc(O)c(O)c12. The highest BCUT2D eigenvalue weighted by Crippen LogP contribution is 2.38. The van der Waals surface area contributed by atoms with Crippen molar-refractivity contribution in [3.63, 3.8) is 0 Å². The molecule has 0 aliphatic carbocycles. The monoisotopic (exact) mass is 295 g/mol. The molecular formula is C19H21NO2. The summed E-state index contributed by atoms with van der Waals surface area (Å²) < 4.78 is 0. The van der Waals surface area contributed by atoms with Gasteiger partial charge in [-0.15, -0.1) is 0 Å². The van der Waals surface area contributed by atoms with E-state index in [2.05, 4.69) is 31.0 Å². The van der Waals surface area contributed by atoms with Crippen molar-refractivity contribution in [1.82, 2.24) is 4.90 Å². The minimum absolute atomic E-state index is 0.0362. The first kappa shape index (κ1) is 14.7. The summed E-state index contributed by atoms with van der Waals surface area (Å²) in [6.07, 6.45) is 0.965. The van der Waals surface area contributed by atoms with E-state index >= 15 is 0 Å². The van der Waals surface area contributed by atoms with Crippen LogP contribution in [0, 0.1) is 0 Å². The summed E-state index contributed by atoms with van der Waals surface area (Å²) in [5.74, 6) is -0.109. The van der Waals surface area contributed by atoms with Crippen molar-refractivity contribution in [2.24, 2.45) is 0 Å². The summed E-state index contributed by atoms with van der Waals surface area (Å²) in [6.45, 7) is 4.18. The average Bonchev–Trinajstić information content (AvgIpc) is 2.55. The number of phenolic OH excluding ortho intramolecular Hbond substituents is 2. The molecule has 3 aromatic rings. The molecule has 3 aromatic carbocycles. The van der Waals surface area contributed by atoms with Crippen LogP contribution in [0.15, 0.2) is 42.5 Å². The molecule has 0 unspecified atom stereocenters. The second kappa shape index (κ2) is 5.85. The normalized spacial score (nSPS) is 11.6. The third-order valence-corrected chi connectivity index (χ3v) is 4.39. The van der Waals surface area contributed by atoms with Gasteiger partial charge in [0.1, 0.15) is 0 Å². The van der Waals surface area contributed by atoms with Gasteiger partial charge in [0.2, 0.25) is 0 Å². The van der Waals surface area contributed by atoms with Gasteiger partial charge in [-0.1, -0.05) is 43.3 Å². The standard InChI is InChI=1S/C19H21NO2/c1-3-20(2)12-11-13-5-4-6-16-15(13)9-7-14-8-10-17(21)19(22)18(14)16/h4-10,21-22H,3,11-12H2,1-2H3. The van der Waals surface area contributed by atoms with E-state index in [1.807, 2.05) is 24.3 Å². The number of hydrogen-bond acceptors (Lipinski definition) is 3. The molecule has 2 N–H and O–H groups in total. The second-order valence-corrected chi connectivity index (χ2v) is 5.76. The molecule has 0 aliphatic heterocycles. The zero-order chi connectivity index (χ0) is 15.7. The highest BCUT2D eigenvalue weighted by Gasteiger charge is 2.11. The van der Waals surface area contributed by atoms with Crippen LogP contribution >= 0.6 is 0 Å². The zero-order valence-electron chi connectivity index (χ0n) is 13.0. The van der Waals surface area contributed by atoms with Gasteiger partial charge in [-0.05, 0) is 47.8 Å². The summed E-state index contributed by atoms with van der Waals surface area (Å²) in [4.78, 5) is 2.28. The van der Waals surface area contributed by atoms with Crippen LogP contribution in [0.3, 0.4) is 0 Å². The Morgan fingerprint density at radius 2 is 1.73 bits per heavy atom. The quantitative estimate of drug-likeness (QED) is 0.567. The maximum atomic E-state index is 10.2. The van der Waals surface area contributed by atoms with Crippen molar-refractivity contribution in [1.29, 1.82) is 0 Å². The Balaban J connectivity index is 2.17. The predicted octanol–water partition coefficient (Wildman–Crippen LogP) is 3.90. The lowest BCUT2D eigenvalue weighted by Crippen LogP contribution is -2.20. The van der Waals surface area contributed by atoms with E-state index in [0.29, 0.717) is 0 Å². The molecule has 0 spiro atoms. The van der Waals surface area contributed by atoms with Crippen LogP contribution in [0.5, 0.6) is 11.5 Å². The molecule has 0 amide bonds. The van der Waals surface area contributed by atoms with Gasteiger partial charge < -0.3 is 15.1 Å². The van der Waals surface area contributed by atoms with Crippen LogP contribution in [0.4, 0.5) is 0 Å². The van der Waals surface area contributed by atoms with Gasteiger partial charge in [-0.3, -0.25) is 0 Å². The fraction of sp³-hybridized carbons (Fsp3) is 0.263. The van der Waals surface area contributed by atoms with Gasteiger partial charge in [-0.2, -0.15) is 0 Å². The molecule has 0 saturated carbocycles. The molecule has 0 atom stereocenters. The van der Waals surface area contributed by atoms with Crippen LogP contribution in [0.1, 0.15) is 12.5 Å². The topological polar surface area (TPSA) is 43.7 Å². The summed E-state index contributed by atoms with van der Waals surface area (Å²) in [5, 5.41) is 23.8. The molecule has 0 bridgehead atoms. The third-order valence-electron chi connectivity index (χ3n) is 4.39. The number of hydrogen-bond donors (Lipinski definition) is 2. The van der Waals surface area contributed by atoms with E-state index in [9.17, 15) is 10.2 Å². The Morgan fingerprint density at radius 1 is 0.955 bits per heavy atom. The highest BCUT2D eigenvalue weighted by molar-refractivity contribution is 6.12. The Kier molecular flexibility index (Phi) is 3.90. The number of aromatic hydroxyl groups is 2. The van der Waals surface area contributed by atoms with E-state index in [1.165, 1.54) is 11.6 Å².